The van der Waals surface area contributed by atoms with E-state index in [1.54, 1.807) is 18.2 Å². The van der Waals surface area contributed by atoms with Crippen LogP contribution in [0.5, 0.6) is 0 Å². The van der Waals surface area contributed by atoms with Crippen molar-refractivity contribution in [2.24, 2.45) is 0 Å². The van der Waals surface area contributed by atoms with Gasteiger partial charge in [-0.25, -0.2) is 4.98 Å². The van der Waals surface area contributed by atoms with Crippen LogP contribution in [0.3, 0.4) is 0 Å². The number of fused-ring (bicyclic) bond motifs is 6. The fourth-order valence-corrected chi connectivity index (χ4v) is 4.76. The Bertz CT molecular complexity index is 1440. The number of benzene rings is 4. The van der Waals surface area contributed by atoms with Gasteiger partial charge >= 0.3 is 0 Å². The van der Waals surface area contributed by atoms with E-state index in [-0.39, 0.29) is 0 Å². The highest BCUT2D eigenvalue weighted by Crippen LogP contribution is 2.37. The molecule has 0 spiro atoms. The van der Waals surface area contributed by atoms with E-state index in [0.29, 0.717) is 22.5 Å². The summed E-state index contributed by atoms with van der Waals surface area (Å²) in [5.41, 5.74) is 3.17. The molecule has 5 rings (SSSR count). The fourth-order valence-electron chi connectivity index (χ4n) is 3.78. The average molecular weight is 596 g/mol. The summed E-state index contributed by atoms with van der Waals surface area (Å²) in [4.78, 5) is 8.28. The number of nitrogens with one attached hydrogen (secondary N) is 1. The zero-order valence-electron chi connectivity index (χ0n) is 14.8. The van der Waals surface area contributed by atoms with Crippen molar-refractivity contribution in [3.05, 3.63) is 72.9 Å². The Morgan fingerprint density at radius 1 is 0.759 bits per heavy atom. The monoisotopic (exact) mass is 596 g/mol. The Morgan fingerprint density at radius 2 is 1.34 bits per heavy atom. The van der Waals surface area contributed by atoms with Gasteiger partial charge in [0.25, 0.3) is 0 Å². The second-order valence-corrected chi connectivity index (χ2v) is 9.13. The summed E-state index contributed by atoms with van der Waals surface area (Å²) >= 11 is 4.65. The molecule has 4 nitrogen and oxygen atoms in total. The summed E-state index contributed by atoms with van der Waals surface area (Å²) in [7, 11) is 0. The van der Waals surface area contributed by atoms with Gasteiger partial charge in [0.2, 0.25) is 0 Å². The number of nitriles is 2. The van der Waals surface area contributed by atoms with Crippen molar-refractivity contribution in [3.8, 4) is 23.5 Å². The Labute approximate surface area is 193 Å². The van der Waals surface area contributed by atoms with Crippen molar-refractivity contribution in [2.75, 3.05) is 0 Å². The molecular weight excluding hydrogens is 586 g/mol. The van der Waals surface area contributed by atoms with Crippen LogP contribution in [-0.4, -0.2) is 9.97 Å². The minimum absolute atomic E-state index is 0.431. The van der Waals surface area contributed by atoms with Crippen molar-refractivity contribution >= 4 is 77.8 Å². The van der Waals surface area contributed by atoms with Crippen molar-refractivity contribution in [2.45, 2.75) is 0 Å². The van der Waals surface area contributed by atoms with E-state index in [4.69, 9.17) is 4.98 Å². The number of aromatic nitrogens is 2. The first-order valence-electron chi connectivity index (χ1n) is 8.74. The van der Waals surface area contributed by atoms with Gasteiger partial charge in [0.1, 0.15) is 5.82 Å². The highest BCUT2D eigenvalue weighted by Gasteiger charge is 2.18. The zero-order chi connectivity index (χ0) is 20.1. The van der Waals surface area contributed by atoms with Crippen LogP contribution in [-0.2, 0) is 0 Å². The largest absolute Gasteiger partial charge is 0.337 e. The van der Waals surface area contributed by atoms with Crippen LogP contribution >= 0.6 is 45.2 Å². The molecule has 0 aliphatic carbocycles. The maximum atomic E-state index is 9.58. The molecular formula is C23H10I2N4. The van der Waals surface area contributed by atoms with E-state index in [1.165, 1.54) is 0 Å². The SMILES string of the molecule is N#Cc1cccc(C#N)c1-c1nc2c3ccc(I)cc3c3cc(I)ccc3c2[nH]1. The summed E-state index contributed by atoms with van der Waals surface area (Å²) in [5.74, 6) is 0.541. The maximum Gasteiger partial charge on any atom is 0.141 e. The van der Waals surface area contributed by atoms with E-state index in [0.717, 1.165) is 39.7 Å². The first kappa shape index (κ1) is 18.3. The van der Waals surface area contributed by atoms with E-state index >= 15 is 0 Å². The molecule has 0 unspecified atom stereocenters. The van der Waals surface area contributed by atoms with Crippen LogP contribution in [0, 0.1) is 29.8 Å². The van der Waals surface area contributed by atoms with Gasteiger partial charge in [0.15, 0.2) is 0 Å². The van der Waals surface area contributed by atoms with Crippen LogP contribution in [0.25, 0.3) is 44.0 Å². The number of halogens is 2. The van der Waals surface area contributed by atoms with Crippen molar-refractivity contribution < 1.29 is 0 Å². The van der Waals surface area contributed by atoms with E-state index in [1.807, 2.05) is 0 Å². The van der Waals surface area contributed by atoms with Crippen LogP contribution in [0.1, 0.15) is 11.1 Å². The van der Waals surface area contributed by atoms with Gasteiger partial charge in [-0.1, -0.05) is 18.2 Å². The second-order valence-electron chi connectivity index (χ2n) is 6.64. The quantitative estimate of drug-likeness (QED) is 0.178. The summed E-state index contributed by atoms with van der Waals surface area (Å²) in [6.07, 6.45) is 0. The first-order chi connectivity index (χ1) is 14.1. The van der Waals surface area contributed by atoms with Gasteiger partial charge in [-0.2, -0.15) is 10.5 Å². The lowest BCUT2D eigenvalue weighted by molar-refractivity contribution is 1.31. The number of hydrogen-bond acceptors (Lipinski definition) is 3. The minimum atomic E-state index is 0.431. The molecule has 0 fully saturated rings. The predicted octanol–water partition coefficient (Wildman–Crippen LogP) is 6.49. The Kier molecular flexibility index (Phi) is 4.41. The molecule has 136 valence electrons. The molecule has 0 aliphatic heterocycles. The second kappa shape index (κ2) is 6.97. The highest BCUT2D eigenvalue weighted by atomic mass is 127. The minimum Gasteiger partial charge on any atom is -0.337 e. The van der Waals surface area contributed by atoms with Gasteiger partial charge in [-0.05, 0) is 92.4 Å². The van der Waals surface area contributed by atoms with Crippen LogP contribution in [0.2, 0.25) is 0 Å². The summed E-state index contributed by atoms with van der Waals surface area (Å²) in [5, 5.41) is 23.6. The smallest absolute Gasteiger partial charge is 0.141 e. The molecule has 0 radical (unpaired) electrons. The molecule has 29 heavy (non-hydrogen) atoms. The fraction of sp³-hybridized carbons (Fsp3) is 0. The van der Waals surface area contributed by atoms with Crippen molar-refractivity contribution in [1.82, 2.24) is 9.97 Å². The van der Waals surface area contributed by atoms with Crippen molar-refractivity contribution in [1.29, 1.82) is 10.5 Å². The summed E-state index contributed by atoms with van der Waals surface area (Å²) < 4.78 is 2.32. The van der Waals surface area contributed by atoms with Crippen LogP contribution in [0.15, 0.2) is 54.6 Å². The predicted molar refractivity (Wildman–Crippen MR) is 131 cm³/mol. The molecule has 0 aliphatic rings. The zero-order valence-corrected chi connectivity index (χ0v) is 19.1. The number of nitrogens with zero attached hydrogens (tertiary/aromatic N) is 3. The van der Waals surface area contributed by atoms with Crippen molar-refractivity contribution in [3.63, 3.8) is 0 Å². The van der Waals surface area contributed by atoms with Gasteiger partial charge in [0.05, 0.1) is 39.9 Å². The molecule has 0 amide bonds. The molecule has 1 N–H and O–H groups in total. The molecule has 5 aromatic rings. The normalized spacial score (nSPS) is 11.0. The Hall–Kier alpha value is -2.69. The Morgan fingerprint density at radius 3 is 1.97 bits per heavy atom. The number of aromatic amines is 1. The van der Waals surface area contributed by atoms with Gasteiger partial charge in [-0.3, -0.25) is 0 Å². The first-order valence-corrected chi connectivity index (χ1v) is 10.9. The third kappa shape index (κ3) is 2.86. The molecule has 0 bridgehead atoms. The standard InChI is InChI=1S/C23H10I2N4/c24-14-4-6-16-18(8-14)19-9-15(25)5-7-17(19)22-21(16)28-23(29-22)20-12(10-26)2-1-3-13(20)11-27/h1-9H,(H,28,29). The van der Waals surface area contributed by atoms with Gasteiger partial charge < -0.3 is 4.98 Å². The van der Waals surface area contributed by atoms with E-state index in [9.17, 15) is 10.5 Å². The van der Waals surface area contributed by atoms with Gasteiger partial charge in [0, 0.05) is 17.9 Å². The third-order valence-corrected chi connectivity index (χ3v) is 6.37. The number of rotatable bonds is 1. The number of H-pyrrole nitrogens is 1. The Balaban J connectivity index is 1.98. The topological polar surface area (TPSA) is 76.3 Å². The third-order valence-electron chi connectivity index (χ3n) is 5.02. The van der Waals surface area contributed by atoms with E-state index < -0.39 is 0 Å². The highest BCUT2D eigenvalue weighted by molar-refractivity contribution is 14.1. The van der Waals surface area contributed by atoms with E-state index in [2.05, 4.69) is 98.7 Å². The lowest BCUT2D eigenvalue weighted by atomic mass is 10.0. The maximum absolute atomic E-state index is 9.58. The van der Waals surface area contributed by atoms with Gasteiger partial charge in [-0.15, -0.1) is 0 Å². The lowest BCUT2D eigenvalue weighted by Gasteiger charge is -2.07. The molecule has 1 heterocycles. The molecule has 4 aromatic carbocycles. The number of hydrogen-bond donors (Lipinski definition) is 1. The lowest BCUT2D eigenvalue weighted by Crippen LogP contribution is -1.91. The molecule has 6 heteroatoms. The molecule has 1 aromatic heterocycles. The van der Waals surface area contributed by atoms with Crippen LogP contribution in [0.4, 0.5) is 0 Å². The average Bonchev–Trinajstić information content (AvgIpc) is 3.18. The summed E-state index contributed by atoms with van der Waals surface area (Å²) in [6.45, 7) is 0. The number of imidazole rings is 1. The molecule has 0 saturated heterocycles. The molecule has 0 atom stereocenters. The molecule has 0 saturated carbocycles. The summed E-state index contributed by atoms with van der Waals surface area (Å²) in [6, 6.07) is 22.2. The van der Waals surface area contributed by atoms with Crippen LogP contribution < -0.4 is 0 Å².